The molecule has 0 bridgehead atoms. The van der Waals surface area contributed by atoms with Gasteiger partial charge >= 0.3 is 11.4 Å². The highest BCUT2D eigenvalue weighted by Gasteiger charge is 2.33. The Bertz CT molecular complexity index is 1110. The first-order valence-corrected chi connectivity index (χ1v) is 8.24. The van der Waals surface area contributed by atoms with Crippen LogP contribution in [0.5, 0.6) is 11.6 Å². The highest BCUT2D eigenvalue weighted by molar-refractivity contribution is 5.90. The lowest BCUT2D eigenvalue weighted by Gasteiger charge is -2.10. The third kappa shape index (κ3) is 3.85. The minimum atomic E-state index is -0.986. The normalized spacial score (nSPS) is 10.5. The van der Waals surface area contributed by atoms with E-state index >= 15 is 0 Å². The number of non-ortho nitro benzene ring substituents is 1. The second kappa shape index (κ2) is 7.72. The fourth-order valence-corrected chi connectivity index (χ4v) is 2.69. The zero-order valence-corrected chi connectivity index (χ0v) is 14.9. The van der Waals surface area contributed by atoms with E-state index in [4.69, 9.17) is 4.74 Å². The molecule has 0 atom stereocenters. The van der Waals surface area contributed by atoms with E-state index in [-0.39, 0.29) is 5.88 Å². The van der Waals surface area contributed by atoms with Crippen LogP contribution in [0.4, 0.5) is 22.7 Å². The van der Waals surface area contributed by atoms with Crippen molar-refractivity contribution in [2.75, 3.05) is 11.9 Å². The molecule has 0 fully saturated rings. The fourth-order valence-electron chi connectivity index (χ4n) is 2.69. The third-order valence-electron chi connectivity index (χ3n) is 3.91. The standard InChI is InChI=1S/C17H13N5O7/c1-2-18-12-5-3-4-10-6-7-15(19-16(10)12)29-17-13(21(25)26)8-11(20(23)24)9-14(17)22(27)28/h3-9,18H,2H2,1H3. The minimum Gasteiger partial charge on any atom is -0.425 e. The molecule has 29 heavy (non-hydrogen) atoms. The molecule has 1 N–H and O–H groups in total. The molecule has 3 rings (SSSR count). The van der Waals surface area contributed by atoms with Crippen LogP contribution in [-0.4, -0.2) is 26.3 Å². The van der Waals surface area contributed by atoms with Crippen molar-refractivity contribution >= 4 is 33.7 Å². The Morgan fingerprint density at radius 1 is 0.966 bits per heavy atom. The van der Waals surface area contributed by atoms with Crippen molar-refractivity contribution in [3.05, 3.63) is 72.8 Å². The molecule has 0 saturated carbocycles. The van der Waals surface area contributed by atoms with Crippen molar-refractivity contribution in [2.24, 2.45) is 0 Å². The monoisotopic (exact) mass is 399 g/mol. The zero-order chi connectivity index (χ0) is 21.1. The summed E-state index contributed by atoms with van der Waals surface area (Å²) in [6, 6.07) is 9.63. The van der Waals surface area contributed by atoms with Crippen LogP contribution in [0, 0.1) is 30.3 Å². The Morgan fingerprint density at radius 3 is 2.17 bits per heavy atom. The number of rotatable bonds is 7. The molecule has 1 heterocycles. The molecule has 0 aliphatic rings. The van der Waals surface area contributed by atoms with Crippen LogP contribution in [0.15, 0.2) is 42.5 Å². The summed E-state index contributed by atoms with van der Waals surface area (Å²) in [4.78, 5) is 35.0. The number of ether oxygens (including phenoxy) is 1. The maximum absolute atomic E-state index is 11.4. The Labute approximate surface area is 162 Å². The number of nitro benzene ring substituents is 3. The van der Waals surface area contributed by atoms with E-state index in [1.165, 1.54) is 6.07 Å². The highest BCUT2D eigenvalue weighted by Crippen LogP contribution is 2.42. The second-order valence-corrected chi connectivity index (χ2v) is 5.74. The van der Waals surface area contributed by atoms with Gasteiger partial charge in [0.15, 0.2) is 0 Å². The molecule has 0 spiro atoms. The average molecular weight is 399 g/mol. The smallest absolute Gasteiger partial charge is 0.325 e. The second-order valence-electron chi connectivity index (χ2n) is 5.74. The number of anilines is 1. The summed E-state index contributed by atoms with van der Waals surface area (Å²) in [5.41, 5.74) is -1.43. The van der Waals surface area contributed by atoms with Crippen LogP contribution in [0.1, 0.15) is 6.92 Å². The summed E-state index contributed by atoms with van der Waals surface area (Å²) in [5.74, 6) is -0.874. The third-order valence-corrected chi connectivity index (χ3v) is 3.91. The van der Waals surface area contributed by atoms with Gasteiger partial charge in [0.05, 0.1) is 38.1 Å². The van der Waals surface area contributed by atoms with E-state index in [1.54, 1.807) is 18.2 Å². The van der Waals surface area contributed by atoms with E-state index < -0.39 is 37.6 Å². The molecule has 2 aromatic carbocycles. The molecule has 0 aliphatic heterocycles. The molecule has 12 nitrogen and oxygen atoms in total. The fraction of sp³-hybridized carbons (Fsp3) is 0.118. The van der Waals surface area contributed by atoms with Gasteiger partial charge in [-0.05, 0) is 19.1 Å². The van der Waals surface area contributed by atoms with Crippen molar-refractivity contribution in [1.82, 2.24) is 4.98 Å². The molecular formula is C17H13N5O7. The number of pyridine rings is 1. The van der Waals surface area contributed by atoms with Gasteiger partial charge in [0.1, 0.15) is 0 Å². The number of hydrogen-bond acceptors (Lipinski definition) is 9. The predicted molar refractivity (Wildman–Crippen MR) is 102 cm³/mol. The van der Waals surface area contributed by atoms with E-state index in [0.29, 0.717) is 29.9 Å². The Hall–Kier alpha value is -4.35. The average Bonchev–Trinajstić information content (AvgIpc) is 2.68. The van der Waals surface area contributed by atoms with Crippen LogP contribution in [0.2, 0.25) is 0 Å². The molecule has 0 amide bonds. The number of nitrogens with zero attached hydrogens (tertiary/aromatic N) is 4. The topological polar surface area (TPSA) is 164 Å². The number of aromatic nitrogens is 1. The molecule has 0 unspecified atom stereocenters. The summed E-state index contributed by atoms with van der Waals surface area (Å²) in [7, 11) is 0. The van der Waals surface area contributed by atoms with Gasteiger partial charge in [-0.25, -0.2) is 4.98 Å². The van der Waals surface area contributed by atoms with Gasteiger partial charge in [0.2, 0.25) is 5.88 Å². The minimum absolute atomic E-state index is 0.136. The van der Waals surface area contributed by atoms with Crippen LogP contribution >= 0.6 is 0 Å². The molecule has 0 radical (unpaired) electrons. The molecular weight excluding hydrogens is 386 g/mol. The number of fused-ring (bicyclic) bond motifs is 1. The lowest BCUT2D eigenvalue weighted by molar-refractivity contribution is -0.404. The lowest BCUT2D eigenvalue weighted by Crippen LogP contribution is -2.02. The molecule has 0 saturated heterocycles. The first-order valence-electron chi connectivity index (χ1n) is 8.24. The first-order chi connectivity index (χ1) is 13.8. The van der Waals surface area contributed by atoms with E-state index in [9.17, 15) is 30.3 Å². The first kappa shape index (κ1) is 19.4. The number of para-hydroxylation sites is 1. The van der Waals surface area contributed by atoms with Gasteiger partial charge in [0.25, 0.3) is 11.4 Å². The van der Waals surface area contributed by atoms with Gasteiger partial charge in [0, 0.05) is 18.0 Å². The Balaban J connectivity index is 2.16. The maximum Gasteiger partial charge on any atom is 0.325 e. The van der Waals surface area contributed by atoms with Crippen molar-refractivity contribution in [3.8, 4) is 11.6 Å². The van der Waals surface area contributed by atoms with E-state index in [0.717, 1.165) is 5.39 Å². The summed E-state index contributed by atoms with van der Waals surface area (Å²) >= 11 is 0. The Kier molecular flexibility index (Phi) is 5.17. The van der Waals surface area contributed by atoms with Crippen molar-refractivity contribution in [3.63, 3.8) is 0 Å². The van der Waals surface area contributed by atoms with Gasteiger partial charge in [-0.2, -0.15) is 0 Å². The highest BCUT2D eigenvalue weighted by atomic mass is 16.6. The number of hydrogen-bond donors (Lipinski definition) is 1. The molecule has 0 aliphatic carbocycles. The SMILES string of the molecule is CCNc1cccc2ccc(Oc3c([N+](=O)[O-])cc([N+](=O)[O-])cc3[N+](=O)[O-])nc12. The van der Waals surface area contributed by atoms with E-state index in [1.807, 2.05) is 13.0 Å². The lowest BCUT2D eigenvalue weighted by atomic mass is 10.2. The van der Waals surface area contributed by atoms with Crippen molar-refractivity contribution in [2.45, 2.75) is 6.92 Å². The number of nitrogens with one attached hydrogen (secondary N) is 1. The maximum atomic E-state index is 11.4. The molecule has 3 aromatic rings. The number of benzene rings is 2. The summed E-state index contributed by atoms with van der Waals surface area (Å²) in [6.45, 7) is 2.51. The van der Waals surface area contributed by atoms with Gasteiger partial charge in [-0.15, -0.1) is 0 Å². The van der Waals surface area contributed by atoms with Crippen LogP contribution in [-0.2, 0) is 0 Å². The van der Waals surface area contributed by atoms with Crippen molar-refractivity contribution in [1.29, 1.82) is 0 Å². The summed E-state index contributed by atoms with van der Waals surface area (Å²) < 4.78 is 5.39. The van der Waals surface area contributed by atoms with Gasteiger partial charge < -0.3 is 10.1 Å². The molecule has 1 aromatic heterocycles. The number of nitro groups is 3. The largest absolute Gasteiger partial charge is 0.425 e. The van der Waals surface area contributed by atoms with Crippen LogP contribution < -0.4 is 10.1 Å². The van der Waals surface area contributed by atoms with Crippen molar-refractivity contribution < 1.29 is 19.5 Å². The van der Waals surface area contributed by atoms with Gasteiger partial charge in [-0.1, -0.05) is 12.1 Å². The van der Waals surface area contributed by atoms with Crippen LogP contribution in [0.3, 0.4) is 0 Å². The summed E-state index contributed by atoms with van der Waals surface area (Å²) in [5, 5.41) is 37.6. The quantitative estimate of drug-likeness (QED) is 0.453. The predicted octanol–water partition coefficient (Wildman–Crippen LogP) is 4.18. The zero-order valence-electron chi connectivity index (χ0n) is 14.9. The van der Waals surface area contributed by atoms with Gasteiger partial charge in [-0.3, -0.25) is 30.3 Å². The molecule has 148 valence electrons. The van der Waals surface area contributed by atoms with E-state index in [2.05, 4.69) is 10.3 Å². The van der Waals surface area contributed by atoms with Crippen LogP contribution in [0.25, 0.3) is 10.9 Å². The molecule has 12 heteroatoms. The Morgan fingerprint density at radius 2 is 1.62 bits per heavy atom. The summed E-state index contributed by atoms with van der Waals surface area (Å²) in [6.07, 6.45) is 0.